The Labute approximate surface area is 180 Å². The van der Waals surface area contributed by atoms with Gasteiger partial charge >= 0.3 is 17.9 Å². The molecule has 9 heteroatoms. The van der Waals surface area contributed by atoms with Gasteiger partial charge in [-0.25, -0.2) is 0 Å². The van der Waals surface area contributed by atoms with Crippen LogP contribution in [-0.2, 0) is 14.4 Å². The molecule has 3 rings (SSSR count). The molecule has 3 fully saturated rings. The van der Waals surface area contributed by atoms with E-state index in [1.807, 2.05) is 35.5 Å². The molecule has 176 valence electrons. The number of carboxylic acid groups (broad SMARTS) is 3. The summed E-state index contributed by atoms with van der Waals surface area (Å²) in [4.78, 5) is 37.0. The van der Waals surface area contributed by atoms with Gasteiger partial charge in [-0.15, -0.1) is 0 Å². The van der Waals surface area contributed by atoms with E-state index in [9.17, 15) is 14.4 Å². The maximum Gasteiger partial charge on any atom is 0.320 e. The fraction of sp³-hybridized carbons (Fsp3) is 0.857. The summed E-state index contributed by atoms with van der Waals surface area (Å²) in [7, 11) is 0. The summed E-state index contributed by atoms with van der Waals surface area (Å²) in [6, 6.07) is -0.653. The van der Waals surface area contributed by atoms with Gasteiger partial charge in [0, 0.05) is 39.3 Å². The van der Waals surface area contributed by atoms with E-state index in [0.717, 1.165) is 58.5 Å². The number of carbonyl (C=O) groups is 3. The van der Waals surface area contributed by atoms with Gasteiger partial charge in [0.05, 0.1) is 0 Å². The lowest BCUT2D eigenvalue weighted by molar-refractivity contribution is -0.142. The minimum atomic E-state index is -0.685. The second kappa shape index (κ2) is 15.1. The van der Waals surface area contributed by atoms with Crippen LogP contribution >= 0.6 is 0 Å². The van der Waals surface area contributed by atoms with Gasteiger partial charge in [0.25, 0.3) is 0 Å². The Bertz CT molecular complexity index is 448. The van der Waals surface area contributed by atoms with Crippen LogP contribution in [0.25, 0.3) is 0 Å². The normalized spacial score (nSPS) is 19.9. The summed E-state index contributed by atoms with van der Waals surface area (Å²) in [6.45, 7) is 15.7. The van der Waals surface area contributed by atoms with Crippen LogP contribution in [0.1, 0.15) is 60.3 Å². The van der Waals surface area contributed by atoms with Crippen molar-refractivity contribution in [3.8, 4) is 0 Å². The van der Waals surface area contributed by atoms with Crippen LogP contribution in [0.15, 0.2) is 0 Å². The molecular formula is C21H41N3O6. The van der Waals surface area contributed by atoms with Gasteiger partial charge in [-0.1, -0.05) is 41.0 Å². The maximum absolute atomic E-state index is 10.4. The Balaban J connectivity index is 0.000000394. The highest BCUT2D eigenvalue weighted by Gasteiger charge is 2.32. The maximum atomic E-state index is 10.4. The summed E-state index contributed by atoms with van der Waals surface area (Å²) in [5.74, 6) is -2.06. The molecule has 0 aromatic carbocycles. The molecular weight excluding hydrogens is 390 g/mol. The Kier molecular flexibility index (Phi) is 14.3. The van der Waals surface area contributed by atoms with Gasteiger partial charge in [0.1, 0.15) is 18.1 Å². The van der Waals surface area contributed by atoms with Crippen molar-refractivity contribution in [1.29, 1.82) is 0 Å². The molecule has 3 unspecified atom stereocenters. The van der Waals surface area contributed by atoms with Crippen molar-refractivity contribution in [2.24, 2.45) is 0 Å². The number of rotatable bonds is 9. The van der Waals surface area contributed by atoms with Crippen LogP contribution in [0.2, 0.25) is 0 Å². The quantitative estimate of drug-likeness (QED) is 0.470. The third-order valence-corrected chi connectivity index (χ3v) is 4.78. The highest BCUT2D eigenvalue weighted by atomic mass is 16.4. The summed E-state index contributed by atoms with van der Waals surface area (Å²) in [5, 5.41) is 25.6. The van der Waals surface area contributed by atoms with E-state index in [-0.39, 0.29) is 18.1 Å². The van der Waals surface area contributed by atoms with Crippen molar-refractivity contribution < 1.29 is 29.7 Å². The summed E-state index contributed by atoms with van der Waals surface area (Å²) >= 11 is 0. The monoisotopic (exact) mass is 431 g/mol. The van der Waals surface area contributed by atoms with E-state index in [1.165, 1.54) is 6.42 Å². The molecule has 0 aliphatic carbocycles. The van der Waals surface area contributed by atoms with Gasteiger partial charge in [-0.3, -0.25) is 29.1 Å². The van der Waals surface area contributed by atoms with E-state index in [0.29, 0.717) is 0 Å². The third kappa shape index (κ3) is 12.1. The molecule has 3 aliphatic rings. The Morgan fingerprint density at radius 1 is 0.567 bits per heavy atom. The zero-order valence-electron chi connectivity index (χ0n) is 19.2. The molecule has 3 aliphatic heterocycles. The van der Waals surface area contributed by atoms with Crippen LogP contribution in [0.3, 0.4) is 0 Å². The predicted molar refractivity (Wildman–Crippen MR) is 116 cm³/mol. The molecule has 3 saturated heterocycles. The molecule has 0 radical (unpaired) electrons. The average Bonchev–Trinajstić information content (AvgIpc) is 3.50. The molecule has 3 heterocycles. The van der Waals surface area contributed by atoms with Crippen molar-refractivity contribution in [2.45, 2.75) is 78.4 Å². The molecule has 3 N–H and O–H groups in total. The first-order chi connectivity index (χ1) is 14.2. The number of hydrogen-bond acceptors (Lipinski definition) is 6. The first-order valence-electron chi connectivity index (χ1n) is 11.1. The molecule has 30 heavy (non-hydrogen) atoms. The van der Waals surface area contributed by atoms with Crippen LogP contribution < -0.4 is 0 Å². The van der Waals surface area contributed by atoms with E-state index in [4.69, 9.17) is 15.3 Å². The minimum absolute atomic E-state index is 0.218. The van der Waals surface area contributed by atoms with E-state index >= 15 is 0 Å². The summed E-state index contributed by atoms with van der Waals surface area (Å²) in [6.07, 6.45) is 3.40. The smallest absolute Gasteiger partial charge is 0.320 e. The number of hydrogen-bond donors (Lipinski definition) is 3. The van der Waals surface area contributed by atoms with Crippen molar-refractivity contribution in [1.82, 2.24) is 14.7 Å². The molecule has 3 atom stereocenters. The number of nitrogens with zero attached hydrogens (tertiary/aromatic N) is 3. The fourth-order valence-corrected chi connectivity index (χ4v) is 2.88. The van der Waals surface area contributed by atoms with Crippen molar-refractivity contribution in [2.75, 3.05) is 39.3 Å². The minimum Gasteiger partial charge on any atom is -0.480 e. The Hall–Kier alpha value is -1.71. The number of carboxylic acids is 3. The zero-order chi connectivity index (χ0) is 23.3. The van der Waals surface area contributed by atoms with Gasteiger partial charge in [0.2, 0.25) is 0 Å². The topological polar surface area (TPSA) is 121 Å². The lowest BCUT2D eigenvalue weighted by Crippen LogP contribution is -2.27. The van der Waals surface area contributed by atoms with Gasteiger partial charge in [-0.05, 0) is 19.3 Å². The summed E-state index contributed by atoms with van der Waals surface area (Å²) in [5.41, 5.74) is 0. The third-order valence-electron chi connectivity index (χ3n) is 4.78. The predicted octanol–water partition coefficient (Wildman–Crippen LogP) is 1.91. The summed E-state index contributed by atoms with van der Waals surface area (Å²) < 4.78 is 0. The molecule has 0 bridgehead atoms. The molecule has 9 nitrogen and oxygen atoms in total. The largest absolute Gasteiger partial charge is 0.480 e. The lowest BCUT2D eigenvalue weighted by atomic mass is 10.2. The second-order valence-corrected chi connectivity index (χ2v) is 7.60. The molecule has 0 amide bonds. The molecule has 0 aromatic heterocycles. The second-order valence-electron chi connectivity index (χ2n) is 7.60. The van der Waals surface area contributed by atoms with Crippen LogP contribution in [0.4, 0.5) is 0 Å². The van der Waals surface area contributed by atoms with Crippen molar-refractivity contribution in [3.05, 3.63) is 0 Å². The SMILES string of the molecule is CCC.CCC(C(=O)O)N1CC1.CCC(C(=O)O)N1CC1.CCC(C(=O)O)N1CC1. The standard InChI is InChI=1S/3C6H11NO2.C3H8/c3*1-2-5(6(8)9)7-3-4-7;1-3-2/h3*5H,2-4H2,1H3,(H,8,9);3H2,1-2H3. The highest BCUT2D eigenvalue weighted by Crippen LogP contribution is 2.14. The molecule has 0 saturated carbocycles. The van der Waals surface area contributed by atoms with Crippen molar-refractivity contribution in [3.63, 3.8) is 0 Å². The van der Waals surface area contributed by atoms with Crippen molar-refractivity contribution >= 4 is 17.9 Å². The van der Waals surface area contributed by atoms with Gasteiger partial charge < -0.3 is 15.3 Å². The Morgan fingerprint density at radius 2 is 0.733 bits per heavy atom. The first kappa shape index (κ1) is 28.3. The highest BCUT2D eigenvalue weighted by molar-refractivity contribution is 5.74. The van der Waals surface area contributed by atoms with E-state index < -0.39 is 17.9 Å². The van der Waals surface area contributed by atoms with Crippen LogP contribution in [-0.4, -0.2) is 105 Å². The molecule has 0 aromatic rings. The molecule has 0 spiro atoms. The van der Waals surface area contributed by atoms with E-state index in [2.05, 4.69) is 13.8 Å². The van der Waals surface area contributed by atoms with Crippen LogP contribution in [0, 0.1) is 0 Å². The number of aliphatic carboxylic acids is 3. The Morgan fingerprint density at radius 3 is 0.767 bits per heavy atom. The first-order valence-corrected chi connectivity index (χ1v) is 11.1. The zero-order valence-corrected chi connectivity index (χ0v) is 19.2. The van der Waals surface area contributed by atoms with Crippen LogP contribution in [0.5, 0.6) is 0 Å². The van der Waals surface area contributed by atoms with E-state index in [1.54, 1.807) is 0 Å². The van der Waals surface area contributed by atoms with Gasteiger partial charge in [0.15, 0.2) is 0 Å². The fourth-order valence-electron chi connectivity index (χ4n) is 2.88. The van der Waals surface area contributed by atoms with Gasteiger partial charge in [-0.2, -0.15) is 0 Å². The lowest BCUT2D eigenvalue weighted by Gasteiger charge is -2.08. The average molecular weight is 432 g/mol.